The minimum atomic E-state index is -3.43. The van der Waals surface area contributed by atoms with E-state index in [0.29, 0.717) is 17.5 Å². The van der Waals surface area contributed by atoms with Crippen molar-refractivity contribution in [1.29, 1.82) is 0 Å². The van der Waals surface area contributed by atoms with Crippen molar-refractivity contribution in [2.75, 3.05) is 5.75 Å². The Morgan fingerprint density at radius 2 is 2.05 bits per heavy atom. The Hall–Kier alpha value is -1.54. The fourth-order valence-electron chi connectivity index (χ4n) is 1.90. The monoisotopic (exact) mass is 301 g/mol. The lowest BCUT2D eigenvalue weighted by Crippen LogP contribution is -2.29. The minimum Gasteiger partial charge on any atom is -0.327 e. The number of nitro groups is 1. The molecule has 0 saturated heterocycles. The maximum atomic E-state index is 12.0. The quantitative estimate of drug-likeness (QED) is 0.624. The number of pyridine rings is 1. The molecule has 1 heterocycles. The molecule has 0 aromatic carbocycles. The second-order valence-electron chi connectivity index (χ2n) is 4.84. The molecule has 7 nitrogen and oxygen atoms in total. The van der Waals surface area contributed by atoms with E-state index in [1.165, 1.54) is 13.1 Å². The largest absolute Gasteiger partial charge is 0.327 e. The normalized spacial score (nSPS) is 13.2. The molecule has 0 spiro atoms. The molecule has 0 radical (unpaired) electrons. The third-order valence-electron chi connectivity index (χ3n) is 3.11. The first-order valence-corrected chi connectivity index (χ1v) is 8.05. The molecule has 20 heavy (non-hydrogen) atoms. The van der Waals surface area contributed by atoms with E-state index < -0.39 is 20.8 Å². The zero-order valence-corrected chi connectivity index (χ0v) is 12.6. The van der Waals surface area contributed by atoms with Crippen LogP contribution in [0.2, 0.25) is 0 Å². The van der Waals surface area contributed by atoms with E-state index in [9.17, 15) is 18.5 Å². The molecule has 1 unspecified atom stereocenters. The third kappa shape index (κ3) is 3.97. The van der Waals surface area contributed by atoms with Gasteiger partial charge in [0.2, 0.25) is 0 Å². The standard InChI is InChI=1S/C12H19N3O4S/c1-4-10(13)6-20(18,19)7-11-9(3)12(15(16)17)8(2)5-14-11/h5,10H,4,6-7,13H2,1-3H3. The van der Waals surface area contributed by atoms with Crippen LogP contribution in [-0.2, 0) is 15.6 Å². The molecule has 1 aromatic rings. The SMILES string of the molecule is CCC(N)CS(=O)(=O)Cc1ncc(C)c([N+](=O)[O-])c1C. The molecule has 1 aromatic heterocycles. The predicted octanol–water partition coefficient (Wildman–Crippen LogP) is 1.26. The van der Waals surface area contributed by atoms with Gasteiger partial charge in [-0.15, -0.1) is 0 Å². The second-order valence-corrected chi connectivity index (χ2v) is 6.95. The van der Waals surface area contributed by atoms with Crippen LogP contribution in [0.1, 0.15) is 30.2 Å². The van der Waals surface area contributed by atoms with Crippen molar-refractivity contribution in [3.63, 3.8) is 0 Å². The van der Waals surface area contributed by atoms with Crippen molar-refractivity contribution in [1.82, 2.24) is 4.98 Å². The highest BCUT2D eigenvalue weighted by Gasteiger charge is 2.23. The maximum Gasteiger partial charge on any atom is 0.278 e. The zero-order valence-electron chi connectivity index (χ0n) is 11.8. The number of nitrogens with two attached hydrogens (primary N) is 1. The summed E-state index contributed by atoms with van der Waals surface area (Å²) < 4.78 is 24.0. The lowest BCUT2D eigenvalue weighted by molar-refractivity contribution is -0.386. The highest BCUT2D eigenvalue weighted by molar-refractivity contribution is 7.90. The molecule has 1 atom stereocenters. The highest BCUT2D eigenvalue weighted by Crippen LogP contribution is 2.25. The maximum absolute atomic E-state index is 12.0. The summed E-state index contributed by atoms with van der Waals surface area (Å²) in [6.45, 7) is 4.90. The highest BCUT2D eigenvalue weighted by atomic mass is 32.2. The number of sulfone groups is 1. The number of aryl methyl sites for hydroxylation is 1. The van der Waals surface area contributed by atoms with Gasteiger partial charge in [0.1, 0.15) is 0 Å². The lowest BCUT2D eigenvalue weighted by Gasteiger charge is -2.11. The summed E-state index contributed by atoms with van der Waals surface area (Å²) in [4.78, 5) is 14.5. The average Bonchev–Trinajstić information content (AvgIpc) is 2.31. The fourth-order valence-corrected chi connectivity index (χ4v) is 3.62. The van der Waals surface area contributed by atoms with Gasteiger partial charge in [-0.25, -0.2) is 8.42 Å². The molecule has 2 N–H and O–H groups in total. The molecular formula is C12H19N3O4S. The third-order valence-corrected chi connectivity index (χ3v) is 4.76. The van der Waals surface area contributed by atoms with Crippen LogP contribution in [0.3, 0.4) is 0 Å². The van der Waals surface area contributed by atoms with Gasteiger partial charge in [0.05, 0.1) is 22.1 Å². The van der Waals surface area contributed by atoms with Crippen LogP contribution >= 0.6 is 0 Å². The number of aromatic nitrogens is 1. The van der Waals surface area contributed by atoms with E-state index in [0.717, 1.165) is 0 Å². The van der Waals surface area contributed by atoms with Gasteiger partial charge < -0.3 is 5.73 Å². The summed E-state index contributed by atoms with van der Waals surface area (Å²) in [5.41, 5.74) is 6.49. The molecular weight excluding hydrogens is 282 g/mol. The van der Waals surface area contributed by atoms with E-state index in [2.05, 4.69) is 4.98 Å². The first-order chi connectivity index (χ1) is 9.18. The van der Waals surface area contributed by atoms with Crippen LogP contribution < -0.4 is 5.73 Å². The Morgan fingerprint density at radius 3 is 2.55 bits per heavy atom. The number of hydrogen-bond donors (Lipinski definition) is 1. The van der Waals surface area contributed by atoms with Crippen molar-refractivity contribution >= 4 is 15.5 Å². The summed E-state index contributed by atoms with van der Waals surface area (Å²) in [7, 11) is -3.43. The lowest BCUT2D eigenvalue weighted by atomic mass is 10.1. The van der Waals surface area contributed by atoms with E-state index in [1.807, 2.05) is 0 Å². The Kier molecular flexibility index (Phi) is 5.18. The second kappa shape index (κ2) is 6.27. The number of nitrogens with zero attached hydrogens (tertiary/aromatic N) is 2. The molecule has 0 aliphatic rings. The van der Waals surface area contributed by atoms with Gasteiger partial charge in [0, 0.05) is 23.4 Å². The molecule has 0 aliphatic carbocycles. The van der Waals surface area contributed by atoms with Gasteiger partial charge >= 0.3 is 0 Å². The average molecular weight is 301 g/mol. The van der Waals surface area contributed by atoms with Gasteiger partial charge in [-0.2, -0.15) is 0 Å². The van der Waals surface area contributed by atoms with Crippen molar-refractivity contribution in [2.45, 2.75) is 39.0 Å². The van der Waals surface area contributed by atoms with Gasteiger partial charge in [0.15, 0.2) is 9.84 Å². The van der Waals surface area contributed by atoms with Gasteiger partial charge in [-0.3, -0.25) is 15.1 Å². The molecule has 0 bridgehead atoms. The molecule has 8 heteroatoms. The van der Waals surface area contributed by atoms with Gasteiger partial charge in [-0.05, 0) is 20.3 Å². The summed E-state index contributed by atoms with van der Waals surface area (Å²) in [5.74, 6) is -0.472. The van der Waals surface area contributed by atoms with Crippen molar-refractivity contribution in [2.24, 2.45) is 5.73 Å². The summed E-state index contributed by atoms with van der Waals surface area (Å²) in [6.07, 6.45) is 1.88. The molecule has 0 aliphatic heterocycles. The van der Waals surface area contributed by atoms with E-state index in [1.54, 1.807) is 13.8 Å². The molecule has 0 saturated carbocycles. The van der Waals surface area contributed by atoms with Crippen molar-refractivity contribution < 1.29 is 13.3 Å². The van der Waals surface area contributed by atoms with Gasteiger partial charge in [-0.1, -0.05) is 6.92 Å². The number of hydrogen-bond acceptors (Lipinski definition) is 6. The van der Waals surface area contributed by atoms with Crippen LogP contribution in [0.15, 0.2) is 6.20 Å². The van der Waals surface area contributed by atoms with Gasteiger partial charge in [0.25, 0.3) is 5.69 Å². The zero-order chi connectivity index (χ0) is 15.5. The Bertz CT molecular complexity index is 613. The summed E-state index contributed by atoms with van der Waals surface area (Å²) in [5, 5.41) is 11.0. The Balaban J connectivity index is 3.11. The minimum absolute atomic E-state index is 0.0787. The fraction of sp³-hybridized carbons (Fsp3) is 0.583. The molecule has 0 fully saturated rings. The van der Waals surface area contributed by atoms with E-state index >= 15 is 0 Å². The molecule has 0 amide bonds. The first-order valence-electron chi connectivity index (χ1n) is 6.23. The van der Waals surface area contributed by atoms with Crippen LogP contribution in [0, 0.1) is 24.0 Å². The topological polar surface area (TPSA) is 116 Å². The summed E-state index contributed by atoms with van der Waals surface area (Å²) in [6, 6.07) is -0.430. The van der Waals surface area contributed by atoms with Crippen molar-refractivity contribution in [3.8, 4) is 0 Å². The first kappa shape index (κ1) is 16.5. The van der Waals surface area contributed by atoms with E-state index in [-0.39, 0.29) is 22.9 Å². The predicted molar refractivity (Wildman–Crippen MR) is 76.1 cm³/mol. The molecule has 1 rings (SSSR count). The Morgan fingerprint density at radius 1 is 1.45 bits per heavy atom. The number of rotatable bonds is 6. The van der Waals surface area contributed by atoms with E-state index in [4.69, 9.17) is 5.73 Å². The Labute approximate surface area is 118 Å². The van der Waals surface area contributed by atoms with Crippen LogP contribution in [0.4, 0.5) is 5.69 Å². The van der Waals surface area contributed by atoms with Crippen LogP contribution in [0.5, 0.6) is 0 Å². The van der Waals surface area contributed by atoms with Crippen molar-refractivity contribution in [3.05, 3.63) is 33.1 Å². The van der Waals surface area contributed by atoms with Crippen LogP contribution in [-0.4, -0.2) is 30.1 Å². The smallest absolute Gasteiger partial charge is 0.278 e. The summed E-state index contributed by atoms with van der Waals surface area (Å²) >= 11 is 0. The van der Waals surface area contributed by atoms with Crippen LogP contribution in [0.25, 0.3) is 0 Å². The molecule has 112 valence electrons.